The third kappa shape index (κ3) is 3.74. The lowest BCUT2D eigenvalue weighted by Gasteiger charge is -2.27. The molecule has 0 fully saturated rings. The highest BCUT2D eigenvalue weighted by Gasteiger charge is 2.25. The van der Waals surface area contributed by atoms with Gasteiger partial charge in [-0.3, -0.25) is 14.9 Å². The first kappa shape index (κ1) is 15.6. The van der Waals surface area contributed by atoms with Crippen molar-refractivity contribution < 1.29 is 14.8 Å². The molecule has 0 radical (unpaired) electrons. The van der Waals surface area contributed by atoms with Crippen molar-refractivity contribution >= 4 is 22.9 Å². The van der Waals surface area contributed by atoms with E-state index in [9.17, 15) is 20.0 Å². The molecule has 6 nitrogen and oxygen atoms in total. The maximum absolute atomic E-state index is 12.3. The largest absolute Gasteiger partial charge is 0.392 e. The van der Waals surface area contributed by atoms with E-state index >= 15 is 0 Å². The van der Waals surface area contributed by atoms with Crippen molar-refractivity contribution in [3.05, 3.63) is 25.9 Å². The molecule has 1 aromatic heterocycles. The zero-order chi connectivity index (χ0) is 14.7. The van der Waals surface area contributed by atoms with Gasteiger partial charge in [0.25, 0.3) is 11.6 Å². The highest BCUT2D eigenvalue weighted by molar-refractivity contribution is 7.14. The highest BCUT2D eigenvalue weighted by Crippen LogP contribution is 2.29. The van der Waals surface area contributed by atoms with Crippen molar-refractivity contribution in [2.75, 3.05) is 6.54 Å². The predicted octanol–water partition coefficient (Wildman–Crippen LogP) is 2.20. The van der Waals surface area contributed by atoms with Crippen molar-refractivity contribution in [1.29, 1.82) is 0 Å². The minimum atomic E-state index is -0.637. The van der Waals surface area contributed by atoms with Gasteiger partial charge < -0.3 is 10.0 Å². The van der Waals surface area contributed by atoms with Crippen molar-refractivity contribution in [1.82, 2.24) is 4.90 Å². The number of nitro groups is 1. The third-order valence-electron chi connectivity index (χ3n) is 2.64. The van der Waals surface area contributed by atoms with Crippen LogP contribution in [0.25, 0.3) is 0 Å². The molecule has 106 valence electrons. The number of carbonyl (C=O) groups excluding carboxylic acids is 1. The molecule has 1 N–H and O–H groups in total. The Balaban J connectivity index is 3.03. The molecule has 0 aliphatic carbocycles. The van der Waals surface area contributed by atoms with Crippen LogP contribution in [-0.2, 0) is 0 Å². The average Bonchev–Trinajstić information content (AvgIpc) is 2.66. The second-order valence-electron chi connectivity index (χ2n) is 4.71. The molecule has 1 aromatic rings. The van der Waals surface area contributed by atoms with E-state index in [2.05, 4.69) is 0 Å². The number of rotatable bonds is 5. The molecule has 1 amide bonds. The topological polar surface area (TPSA) is 83.7 Å². The van der Waals surface area contributed by atoms with Crippen LogP contribution in [0.2, 0.25) is 0 Å². The zero-order valence-corrected chi connectivity index (χ0v) is 12.2. The summed E-state index contributed by atoms with van der Waals surface area (Å²) in [6, 6.07) is 1.23. The lowest BCUT2D eigenvalue weighted by atomic mass is 10.2. The number of hydrogen-bond acceptors (Lipinski definition) is 5. The molecule has 0 aromatic carbocycles. The van der Waals surface area contributed by atoms with Gasteiger partial charge in [0.2, 0.25) is 0 Å². The van der Waals surface area contributed by atoms with E-state index in [0.29, 0.717) is 9.75 Å². The summed E-state index contributed by atoms with van der Waals surface area (Å²) in [6.45, 7) is 7.12. The fourth-order valence-corrected chi connectivity index (χ4v) is 2.66. The standard InChI is InChI=1S/C12H18N2O4S/c1-7(2)13(6-8(3)15)12(16)11-5-10(14(17)18)9(4)19-11/h5,7-8,15H,6H2,1-4H3. The highest BCUT2D eigenvalue weighted by atomic mass is 32.1. The van der Waals surface area contributed by atoms with Gasteiger partial charge in [0, 0.05) is 18.7 Å². The van der Waals surface area contributed by atoms with Gasteiger partial charge in [0.05, 0.1) is 20.8 Å². The lowest BCUT2D eigenvalue weighted by Crippen LogP contribution is -2.41. The number of aryl methyl sites for hydroxylation is 1. The summed E-state index contributed by atoms with van der Waals surface area (Å²) in [5.41, 5.74) is -0.0332. The Labute approximate surface area is 115 Å². The van der Waals surface area contributed by atoms with Crippen molar-refractivity contribution in [2.45, 2.75) is 39.8 Å². The van der Waals surface area contributed by atoms with Crippen LogP contribution in [0.5, 0.6) is 0 Å². The second-order valence-corrected chi connectivity index (χ2v) is 5.97. The molecule has 1 unspecified atom stereocenters. The van der Waals surface area contributed by atoms with Crippen LogP contribution in [0.1, 0.15) is 35.3 Å². The van der Waals surface area contributed by atoms with Crippen LogP contribution in [0.4, 0.5) is 5.69 Å². The van der Waals surface area contributed by atoms with Gasteiger partial charge in [-0.15, -0.1) is 11.3 Å². The maximum atomic E-state index is 12.3. The van der Waals surface area contributed by atoms with Gasteiger partial charge in [-0.05, 0) is 27.7 Å². The second kappa shape index (κ2) is 6.12. The fraction of sp³-hybridized carbons (Fsp3) is 0.583. The minimum Gasteiger partial charge on any atom is -0.392 e. The van der Waals surface area contributed by atoms with Crippen molar-refractivity contribution in [3.8, 4) is 0 Å². The Morgan fingerprint density at radius 1 is 1.53 bits per heavy atom. The molecule has 7 heteroatoms. The fourth-order valence-electron chi connectivity index (χ4n) is 1.71. The van der Waals surface area contributed by atoms with Gasteiger partial charge in [0.15, 0.2) is 0 Å². The molecule has 19 heavy (non-hydrogen) atoms. The summed E-state index contributed by atoms with van der Waals surface area (Å²) < 4.78 is 0. The van der Waals surface area contributed by atoms with Gasteiger partial charge >= 0.3 is 0 Å². The normalized spacial score (nSPS) is 12.5. The zero-order valence-electron chi connectivity index (χ0n) is 11.4. The van der Waals surface area contributed by atoms with Crippen LogP contribution in [0.3, 0.4) is 0 Å². The quantitative estimate of drug-likeness (QED) is 0.664. The minimum absolute atomic E-state index is 0.0332. The monoisotopic (exact) mass is 286 g/mol. The number of carbonyl (C=O) groups is 1. The Kier molecular flexibility index (Phi) is 5.02. The third-order valence-corrected chi connectivity index (χ3v) is 3.67. The molecule has 1 heterocycles. The molecule has 0 saturated heterocycles. The molecular weight excluding hydrogens is 268 g/mol. The van der Waals surface area contributed by atoms with Crippen LogP contribution in [-0.4, -0.2) is 39.5 Å². The van der Waals surface area contributed by atoms with E-state index < -0.39 is 11.0 Å². The maximum Gasteiger partial charge on any atom is 0.283 e. The van der Waals surface area contributed by atoms with Gasteiger partial charge in [-0.1, -0.05) is 0 Å². The van der Waals surface area contributed by atoms with Gasteiger partial charge in [-0.2, -0.15) is 0 Å². The van der Waals surface area contributed by atoms with E-state index in [1.807, 2.05) is 13.8 Å². The van der Waals surface area contributed by atoms with E-state index in [-0.39, 0.29) is 24.2 Å². The SMILES string of the molecule is Cc1sc(C(=O)N(CC(C)O)C(C)C)cc1[N+](=O)[O-]. The van der Waals surface area contributed by atoms with Crippen molar-refractivity contribution in [2.24, 2.45) is 0 Å². The van der Waals surface area contributed by atoms with Crippen LogP contribution in [0, 0.1) is 17.0 Å². The Bertz CT molecular complexity index is 482. The first-order valence-corrected chi connectivity index (χ1v) is 6.79. The molecule has 0 aliphatic rings. The van der Waals surface area contributed by atoms with Crippen LogP contribution in [0.15, 0.2) is 6.07 Å². The summed E-state index contributed by atoms with van der Waals surface area (Å²) in [6.07, 6.45) is -0.637. The van der Waals surface area contributed by atoms with Crippen LogP contribution < -0.4 is 0 Å². The first-order chi connectivity index (χ1) is 8.73. The average molecular weight is 286 g/mol. The van der Waals surface area contributed by atoms with E-state index in [1.165, 1.54) is 11.0 Å². The number of thiophene rings is 1. The van der Waals surface area contributed by atoms with Gasteiger partial charge in [-0.25, -0.2) is 0 Å². The molecule has 1 rings (SSSR count). The van der Waals surface area contributed by atoms with E-state index in [0.717, 1.165) is 11.3 Å². The summed E-state index contributed by atoms with van der Waals surface area (Å²) in [5, 5.41) is 20.2. The molecule has 0 saturated carbocycles. The van der Waals surface area contributed by atoms with Crippen LogP contribution >= 0.6 is 11.3 Å². The number of aliphatic hydroxyl groups excluding tert-OH is 1. The predicted molar refractivity (Wildman–Crippen MR) is 73.6 cm³/mol. The molecule has 1 atom stereocenters. The summed E-state index contributed by atoms with van der Waals surface area (Å²) in [4.78, 5) is 25.0. The Hall–Kier alpha value is -1.47. The molecule has 0 bridgehead atoms. The van der Waals surface area contributed by atoms with E-state index in [1.54, 1.807) is 13.8 Å². The number of hydrogen-bond donors (Lipinski definition) is 1. The number of amides is 1. The smallest absolute Gasteiger partial charge is 0.283 e. The number of aliphatic hydroxyl groups is 1. The van der Waals surface area contributed by atoms with Crippen molar-refractivity contribution in [3.63, 3.8) is 0 Å². The lowest BCUT2D eigenvalue weighted by molar-refractivity contribution is -0.385. The molecule has 0 spiro atoms. The summed E-state index contributed by atoms with van der Waals surface area (Å²) in [5.74, 6) is -0.280. The Morgan fingerprint density at radius 3 is 2.47 bits per heavy atom. The number of nitrogens with zero attached hydrogens (tertiary/aromatic N) is 2. The van der Waals surface area contributed by atoms with Gasteiger partial charge in [0.1, 0.15) is 0 Å². The Morgan fingerprint density at radius 2 is 2.11 bits per heavy atom. The molecule has 0 aliphatic heterocycles. The van der Waals surface area contributed by atoms with E-state index in [4.69, 9.17) is 0 Å². The first-order valence-electron chi connectivity index (χ1n) is 5.98. The molecular formula is C12H18N2O4S. The summed E-state index contributed by atoms with van der Waals surface area (Å²) >= 11 is 1.11. The summed E-state index contributed by atoms with van der Waals surface area (Å²) in [7, 11) is 0.